The first kappa shape index (κ1) is 6.08. The highest BCUT2D eigenvalue weighted by Crippen LogP contribution is 2.41. The molecule has 0 spiro atoms. The Morgan fingerprint density at radius 1 is 1.38 bits per heavy atom. The molecular weight excluding hydrogens is 124 g/mol. The third kappa shape index (κ3) is 0.749. The van der Waals surface area contributed by atoms with E-state index in [-0.39, 0.29) is 4.75 Å². The van der Waals surface area contributed by atoms with Gasteiger partial charge in [0, 0.05) is 6.26 Å². The summed E-state index contributed by atoms with van der Waals surface area (Å²) in [6, 6.07) is 0. The minimum Gasteiger partial charge on any atom is -0.229 e. The van der Waals surface area contributed by atoms with Crippen LogP contribution in [0.5, 0.6) is 0 Å². The molecule has 0 heterocycles. The first-order chi connectivity index (χ1) is 3.46. The van der Waals surface area contributed by atoms with Crippen LogP contribution in [0, 0.1) is 0 Å². The lowest BCUT2D eigenvalue weighted by Gasteiger charge is -2.01. The van der Waals surface area contributed by atoms with E-state index >= 15 is 0 Å². The lowest BCUT2D eigenvalue weighted by atomic mass is 10.5. The topological polar surface area (TPSA) is 34.1 Å². The zero-order chi connectivity index (χ0) is 6.41. The predicted octanol–water partition coefficient (Wildman–Crippen LogP) is 0.584. The van der Waals surface area contributed by atoms with Gasteiger partial charge in [-0.05, 0) is 19.8 Å². The summed E-state index contributed by atoms with van der Waals surface area (Å²) in [5.74, 6) is 0. The fraction of sp³-hybridized carbons (Fsp3) is 1.00. The molecule has 0 aromatic heterocycles. The molecule has 0 bridgehead atoms. The highest BCUT2D eigenvalue weighted by molar-refractivity contribution is 7.92. The van der Waals surface area contributed by atoms with Crippen molar-refractivity contribution in [3.8, 4) is 0 Å². The Bertz CT molecular complexity index is 186. The second-order valence-corrected chi connectivity index (χ2v) is 5.25. The monoisotopic (exact) mass is 134 g/mol. The van der Waals surface area contributed by atoms with E-state index in [9.17, 15) is 8.42 Å². The molecule has 3 heteroatoms. The number of rotatable bonds is 1. The van der Waals surface area contributed by atoms with Gasteiger partial charge in [0.1, 0.15) is 0 Å². The van der Waals surface area contributed by atoms with Crippen LogP contribution in [0.4, 0.5) is 0 Å². The first-order valence-electron chi connectivity index (χ1n) is 2.65. The van der Waals surface area contributed by atoms with Crippen molar-refractivity contribution in [2.24, 2.45) is 0 Å². The molecule has 0 saturated heterocycles. The van der Waals surface area contributed by atoms with E-state index in [4.69, 9.17) is 0 Å². The molecule has 1 aliphatic rings. The van der Waals surface area contributed by atoms with E-state index in [0.29, 0.717) is 0 Å². The summed E-state index contributed by atoms with van der Waals surface area (Å²) >= 11 is 0. The number of hydrogen-bond donors (Lipinski definition) is 0. The molecule has 8 heavy (non-hydrogen) atoms. The summed E-state index contributed by atoms with van der Waals surface area (Å²) < 4.78 is 21.1. The van der Waals surface area contributed by atoms with Crippen LogP contribution in [0.15, 0.2) is 0 Å². The van der Waals surface area contributed by atoms with Crippen LogP contribution in [0.25, 0.3) is 0 Å². The Morgan fingerprint density at radius 3 is 1.75 bits per heavy atom. The van der Waals surface area contributed by atoms with Gasteiger partial charge < -0.3 is 0 Å². The highest BCUT2D eigenvalue weighted by Gasteiger charge is 2.46. The SMILES string of the molecule is CC1(S(C)(=O)=O)CC1. The van der Waals surface area contributed by atoms with Crippen molar-refractivity contribution >= 4 is 9.84 Å². The van der Waals surface area contributed by atoms with Gasteiger partial charge >= 0.3 is 0 Å². The molecule has 2 nitrogen and oxygen atoms in total. The molecule has 1 fully saturated rings. The van der Waals surface area contributed by atoms with Crippen molar-refractivity contribution in [1.82, 2.24) is 0 Å². The molecule has 0 aliphatic heterocycles. The van der Waals surface area contributed by atoms with Gasteiger partial charge in [0.05, 0.1) is 4.75 Å². The summed E-state index contributed by atoms with van der Waals surface area (Å²) in [4.78, 5) is 0. The summed E-state index contributed by atoms with van der Waals surface area (Å²) in [6.07, 6.45) is 3.01. The van der Waals surface area contributed by atoms with E-state index in [1.807, 2.05) is 0 Å². The molecule has 0 N–H and O–H groups in total. The Morgan fingerprint density at radius 2 is 1.75 bits per heavy atom. The molecular formula is C5H10O2S. The van der Waals surface area contributed by atoms with Gasteiger partial charge in [-0.25, -0.2) is 8.42 Å². The van der Waals surface area contributed by atoms with Gasteiger partial charge in [0.15, 0.2) is 9.84 Å². The normalized spacial score (nSPS) is 25.2. The Labute approximate surface area is 49.8 Å². The first-order valence-corrected chi connectivity index (χ1v) is 4.54. The predicted molar refractivity (Wildman–Crippen MR) is 32.5 cm³/mol. The highest BCUT2D eigenvalue weighted by atomic mass is 32.2. The molecule has 0 aromatic carbocycles. The molecule has 0 aromatic rings. The lowest BCUT2D eigenvalue weighted by molar-refractivity contribution is 0.588. The van der Waals surface area contributed by atoms with E-state index in [0.717, 1.165) is 12.8 Å². The largest absolute Gasteiger partial charge is 0.229 e. The van der Waals surface area contributed by atoms with Crippen LogP contribution in [-0.2, 0) is 9.84 Å². The van der Waals surface area contributed by atoms with Crippen molar-refractivity contribution < 1.29 is 8.42 Å². The second-order valence-electron chi connectivity index (χ2n) is 2.72. The van der Waals surface area contributed by atoms with Crippen LogP contribution in [0.2, 0.25) is 0 Å². The summed E-state index contributed by atoms with van der Waals surface area (Å²) in [5, 5.41) is 0. The number of sulfone groups is 1. The van der Waals surface area contributed by atoms with Crippen molar-refractivity contribution in [2.75, 3.05) is 6.26 Å². The van der Waals surface area contributed by atoms with Gasteiger partial charge in [-0.1, -0.05) is 0 Å². The Kier molecular flexibility index (Phi) is 0.960. The average molecular weight is 134 g/mol. The van der Waals surface area contributed by atoms with Crippen LogP contribution < -0.4 is 0 Å². The van der Waals surface area contributed by atoms with Gasteiger partial charge in [0.25, 0.3) is 0 Å². The van der Waals surface area contributed by atoms with Crippen LogP contribution in [0.1, 0.15) is 19.8 Å². The molecule has 1 rings (SSSR count). The van der Waals surface area contributed by atoms with Gasteiger partial charge in [0.2, 0.25) is 0 Å². The smallest absolute Gasteiger partial charge is 0.152 e. The minimum atomic E-state index is -2.73. The van der Waals surface area contributed by atoms with Crippen LogP contribution in [-0.4, -0.2) is 19.4 Å². The van der Waals surface area contributed by atoms with E-state index in [1.54, 1.807) is 6.92 Å². The molecule has 0 amide bonds. The Hall–Kier alpha value is -0.0500. The third-order valence-corrected chi connectivity index (χ3v) is 4.05. The summed E-state index contributed by atoms with van der Waals surface area (Å²) in [5.41, 5.74) is 0. The molecule has 0 radical (unpaired) electrons. The molecule has 0 atom stereocenters. The van der Waals surface area contributed by atoms with Gasteiger partial charge in [-0.15, -0.1) is 0 Å². The zero-order valence-corrected chi connectivity index (χ0v) is 5.96. The van der Waals surface area contributed by atoms with E-state index in [1.165, 1.54) is 6.26 Å². The number of hydrogen-bond acceptors (Lipinski definition) is 2. The second kappa shape index (κ2) is 1.26. The van der Waals surface area contributed by atoms with Gasteiger partial charge in [-0.2, -0.15) is 0 Å². The molecule has 48 valence electrons. The maximum atomic E-state index is 10.7. The molecule has 1 saturated carbocycles. The summed E-state index contributed by atoms with van der Waals surface area (Å²) in [7, 11) is -2.73. The Balaban J connectivity index is 2.90. The minimum absolute atomic E-state index is 0.340. The lowest BCUT2D eigenvalue weighted by Crippen LogP contribution is -2.16. The molecule has 0 unspecified atom stereocenters. The van der Waals surface area contributed by atoms with Crippen molar-refractivity contribution in [1.29, 1.82) is 0 Å². The fourth-order valence-corrected chi connectivity index (χ4v) is 1.39. The third-order valence-electron chi connectivity index (χ3n) is 1.85. The van der Waals surface area contributed by atoms with Crippen molar-refractivity contribution in [3.05, 3.63) is 0 Å². The zero-order valence-electron chi connectivity index (χ0n) is 5.14. The maximum absolute atomic E-state index is 10.7. The summed E-state index contributed by atoms with van der Waals surface area (Å²) in [6.45, 7) is 1.79. The van der Waals surface area contributed by atoms with Crippen LogP contribution >= 0.6 is 0 Å². The quantitative estimate of drug-likeness (QED) is 0.526. The van der Waals surface area contributed by atoms with Gasteiger partial charge in [-0.3, -0.25) is 0 Å². The average Bonchev–Trinajstić information content (AvgIpc) is 2.16. The fourth-order valence-electron chi connectivity index (χ4n) is 0.547. The van der Waals surface area contributed by atoms with Crippen molar-refractivity contribution in [2.45, 2.75) is 24.5 Å². The van der Waals surface area contributed by atoms with Crippen LogP contribution in [0.3, 0.4) is 0 Å². The molecule has 1 aliphatic carbocycles. The maximum Gasteiger partial charge on any atom is 0.152 e. The van der Waals surface area contributed by atoms with E-state index < -0.39 is 9.84 Å². The van der Waals surface area contributed by atoms with E-state index in [2.05, 4.69) is 0 Å². The standard InChI is InChI=1S/C5H10O2S/c1-5(3-4-5)8(2,6)7/h3-4H2,1-2H3. The van der Waals surface area contributed by atoms with Crippen molar-refractivity contribution in [3.63, 3.8) is 0 Å².